The van der Waals surface area contributed by atoms with Gasteiger partial charge in [-0.1, -0.05) is 32.1 Å². The Balaban J connectivity index is -0.000000156. The predicted molar refractivity (Wildman–Crippen MR) is 56.2 cm³/mol. The molecule has 0 atom stereocenters. The minimum absolute atomic E-state index is 0. The third-order valence-electron chi connectivity index (χ3n) is 1.86. The molecule has 0 aliphatic heterocycles. The molecule has 0 amide bonds. The van der Waals surface area contributed by atoms with Crippen molar-refractivity contribution in [3.05, 3.63) is 49.7 Å². The second kappa shape index (κ2) is 23.8. The molecule has 2 rings (SSSR count). The fraction of sp³-hybridized carbons (Fsp3) is 0.385. The average molecular weight is 259 g/mol. The van der Waals surface area contributed by atoms with Crippen LogP contribution in [0.25, 0.3) is 0 Å². The normalized spacial score (nSPS) is 10.8. The molecule has 0 N–H and O–H groups in total. The molecule has 0 unspecified atom stereocenters. The van der Waals surface area contributed by atoms with E-state index in [0.29, 0.717) is 0 Å². The van der Waals surface area contributed by atoms with Crippen molar-refractivity contribution in [2.45, 2.75) is 32.1 Å². The molecule has 0 aromatic heterocycles. The van der Waals surface area contributed by atoms with E-state index in [1.54, 1.807) is 0 Å². The van der Waals surface area contributed by atoms with Gasteiger partial charge < -0.3 is 0 Å². The summed E-state index contributed by atoms with van der Waals surface area (Å²) in [5.74, 6) is 0. The maximum Gasteiger partial charge on any atom is 2.00 e. The third-order valence-corrected chi connectivity index (χ3v) is 1.86. The molecule has 1 aromatic carbocycles. The van der Waals surface area contributed by atoms with Crippen LogP contribution in [0, 0.1) is 19.4 Å². The first-order valence-electron chi connectivity index (χ1n) is 4.82. The van der Waals surface area contributed by atoms with Gasteiger partial charge in [0.15, 0.2) is 0 Å². The predicted octanol–water partition coefficient (Wildman–Crippen LogP) is 3.36. The molecule has 1 aromatic rings. The van der Waals surface area contributed by atoms with Crippen molar-refractivity contribution in [3.8, 4) is 0 Å². The summed E-state index contributed by atoms with van der Waals surface area (Å²) in [6.07, 6.45) is 7.50. The Bertz CT molecular complexity index is 187. The van der Waals surface area contributed by atoms with E-state index in [0.717, 1.165) is 0 Å². The van der Waals surface area contributed by atoms with Gasteiger partial charge in [-0.2, -0.15) is 36.4 Å². The Morgan fingerprint density at radius 3 is 1.12 bits per heavy atom. The van der Waals surface area contributed by atoms with Crippen LogP contribution in [0.3, 0.4) is 0 Å². The van der Waals surface area contributed by atoms with E-state index in [1.165, 1.54) is 32.1 Å². The summed E-state index contributed by atoms with van der Waals surface area (Å²) in [6, 6.07) is 12.5. The van der Waals surface area contributed by atoms with Gasteiger partial charge in [0.2, 0.25) is 0 Å². The van der Waals surface area contributed by atoms with Gasteiger partial charge in [-0.25, -0.2) is 0 Å². The second-order valence-corrected chi connectivity index (χ2v) is 2.85. The third kappa shape index (κ3) is 18.9. The SMILES string of the molecule is C1CCCC1.[C-]#[O+].[C-]#[O+].[Fe+2].[c-]1ccccc1. The fourth-order valence-electron chi connectivity index (χ4n) is 1.23. The molecule has 3 heteroatoms. The minimum atomic E-state index is 0. The molecule has 16 heavy (non-hydrogen) atoms. The summed E-state index contributed by atoms with van der Waals surface area (Å²) < 4.78 is 15.0. The molecule has 2 nitrogen and oxygen atoms in total. The van der Waals surface area contributed by atoms with Gasteiger partial charge in [0.1, 0.15) is 0 Å². The van der Waals surface area contributed by atoms with Gasteiger partial charge in [0, 0.05) is 0 Å². The summed E-state index contributed by atoms with van der Waals surface area (Å²) in [5, 5.41) is 0. The molecule has 86 valence electrons. The van der Waals surface area contributed by atoms with Crippen LogP contribution in [0.2, 0.25) is 0 Å². The second-order valence-electron chi connectivity index (χ2n) is 2.85. The van der Waals surface area contributed by atoms with Crippen molar-refractivity contribution in [1.82, 2.24) is 0 Å². The van der Waals surface area contributed by atoms with Gasteiger partial charge >= 0.3 is 39.7 Å². The molecule has 1 aliphatic rings. The van der Waals surface area contributed by atoms with Gasteiger partial charge in [0.25, 0.3) is 0 Å². The van der Waals surface area contributed by atoms with E-state index in [-0.39, 0.29) is 17.1 Å². The molecule has 0 spiro atoms. The summed E-state index contributed by atoms with van der Waals surface area (Å²) in [7, 11) is 0. The van der Waals surface area contributed by atoms with Gasteiger partial charge in [-0.3, -0.25) is 0 Å². The van der Waals surface area contributed by atoms with Crippen LogP contribution in [0.4, 0.5) is 0 Å². The van der Waals surface area contributed by atoms with Gasteiger partial charge in [0.05, 0.1) is 0 Å². The number of hydrogen-bond acceptors (Lipinski definition) is 0. The molecule has 0 bridgehead atoms. The maximum atomic E-state index is 7.50. The fourth-order valence-corrected chi connectivity index (χ4v) is 1.23. The maximum absolute atomic E-state index is 7.50. The standard InChI is InChI=1S/C6H5.C5H10.2CO.Fe/c1-2-4-6-5-3-1;1-2-4-5-3-1;2*1-2;/h1-5H;1-5H2;;;/q-1;;;;+2. The first-order chi connectivity index (χ1) is 7.50. The van der Waals surface area contributed by atoms with Crippen molar-refractivity contribution >= 4 is 0 Å². The summed E-state index contributed by atoms with van der Waals surface area (Å²) in [4.78, 5) is 0. The van der Waals surface area contributed by atoms with Gasteiger partial charge in [-0.15, -0.1) is 0 Å². The first kappa shape index (κ1) is 20.6. The zero-order valence-electron chi connectivity index (χ0n) is 9.09. The van der Waals surface area contributed by atoms with Crippen LogP contribution in [0.15, 0.2) is 30.3 Å². The number of rotatable bonds is 0. The van der Waals surface area contributed by atoms with Crippen molar-refractivity contribution in [2.75, 3.05) is 0 Å². The van der Waals surface area contributed by atoms with Crippen LogP contribution in [-0.2, 0) is 26.4 Å². The minimum Gasteiger partial charge on any atom is -0.184 e. The Hall–Kier alpha value is -0.781. The molecule has 0 radical (unpaired) electrons. The molecular weight excluding hydrogens is 244 g/mol. The van der Waals surface area contributed by atoms with Crippen molar-refractivity contribution in [1.29, 1.82) is 0 Å². The van der Waals surface area contributed by atoms with E-state index < -0.39 is 0 Å². The Kier molecular flexibility index (Phi) is 30.6. The topological polar surface area (TPSA) is 39.8 Å². The van der Waals surface area contributed by atoms with Crippen molar-refractivity contribution < 1.29 is 26.4 Å². The molecular formula is C13H15FeO2+. The smallest absolute Gasteiger partial charge is 0.184 e. The molecule has 0 saturated heterocycles. The average Bonchev–Trinajstić information content (AvgIpc) is 2.95. The summed E-state index contributed by atoms with van der Waals surface area (Å²) in [5.41, 5.74) is 0. The summed E-state index contributed by atoms with van der Waals surface area (Å²) >= 11 is 0. The zero-order chi connectivity index (χ0) is 11.8. The van der Waals surface area contributed by atoms with E-state index in [1.807, 2.05) is 30.3 Å². The first-order valence-corrected chi connectivity index (χ1v) is 4.82. The largest absolute Gasteiger partial charge is 2.00 e. The van der Waals surface area contributed by atoms with E-state index >= 15 is 0 Å². The van der Waals surface area contributed by atoms with Crippen LogP contribution in [0.1, 0.15) is 32.1 Å². The Morgan fingerprint density at radius 2 is 1.00 bits per heavy atom. The molecule has 1 saturated carbocycles. The molecule has 0 heterocycles. The van der Waals surface area contributed by atoms with Crippen molar-refractivity contribution in [3.63, 3.8) is 0 Å². The molecule has 1 fully saturated rings. The molecule has 1 aliphatic carbocycles. The van der Waals surface area contributed by atoms with Crippen LogP contribution >= 0.6 is 0 Å². The van der Waals surface area contributed by atoms with Crippen molar-refractivity contribution in [2.24, 2.45) is 0 Å². The van der Waals surface area contributed by atoms with E-state index in [4.69, 9.17) is 9.30 Å². The monoisotopic (exact) mass is 259 g/mol. The quantitative estimate of drug-likeness (QED) is 0.389. The number of benzene rings is 1. The van der Waals surface area contributed by atoms with Crippen LogP contribution in [-0.4, -0.2) is 0 Å². The number of hydrogen-bond donors (Lipinski definition) is 0. The zero-order valence-corrected chi connectivity index (χ0v) is 10.2. The Labute approximate surface area is 108 Å². The Morgan fingerprint density at radius 1 is 0.688 bits per heavy atom. The van der Waals surface area contributed by atoms with Crippen LogP contribution < -0.4 is 0 Å². The van der Waals surface area contributed by atoms with Crippen LogP contribution in [0.5, 0.6) is 0 Å². The van der Waals surface area contributed by atoms with E-state index in [2.05, 4.69) is 19.4 Å². The summed E-state index contributed by atoms with van der Waals surface area (Å²) in [6.45, 7) is 9.00. The van der Waals surface area contributed by atoms with Gasteiger partial charge in [-0.05, 0) is 0 Å². The van der Waals surface area contributed by atoms with E-state index in [9.17, 15) is 0 Å².